The zero-order valence-corrected chi connectivity index (χ0v) is 13.6. The van der Waals surface area contributed by atoms with E-state index >= 15 is 0 Å². The van der Waals surface area contributed by atoms with E-state index < -0.39 is 5.97 Å². The molecule has 2 aromatic carbocycles. The fourth-order valence-electron chi connectivity index (χ4n) is 2.04. The lowest BCUT2D eigenvalue weighted by molar-refractivity contribution is 0.0697. The van der Waals surface area contributed by atoms with Gasteiger partial charge in [-0.05, 0) is 25.1 Å². The van der Waals surface area contributed by atoms with Crippen molar-refractivity contribution in [2.45, 2.75) is 6.92 Å². The van der Waals surface area contributed by atoms with E-state index in [0.717, 1.165) is 10.2 Å². The molecule has 0 saturated heterocycles. The summed E-state index contributed by atoms with van der Waals surface area (Å²) in [4.78, 5) is 19.7. The van der Waals surface area contributed by atoms with Crippen molar-refractivity contribution in [1.82, 2.24) is 4.98 Å². The van der Waals surface area contributed by atoms with Crippen molar-refractivity contribution < 1.29 is 9.90 Å². The second-order valence-corrected chi connectivity index (χ2v) is 5.94. The minimum atomic E-state index is -0.987. The van der Waals surface area contributed by atoms with Gasteiger partial charge in [-0.2, -0.15) is 5.10 Å². The van der Waals surface area contributed by atoms with Gasteiger partial charge >= 0.3 is 5.97 Å². The van der Waals surface area contributed by atoms with Crippen molar-refractivity contribution in [3.8, 4) is 0 Å². The SMILES string of the molecule is C/C(N=Cc1ccccc1C(=O)O)=N/Nc1nc2ccccc2s1. The van der Waals surface area contributed by atoms with Crippen LogP contribution in [0.2, 0.25) is 0 Å². The molecule has 0 amide bonds. The molecular weight excluding hydrogens is 324 g/mol. The molecule has 0 bridgehead atoms. The van der Waals surface area contributed by atoms with E-state index in [9.17, 15) is 4.79 Å². The molecule has 6 nitrogen and oxygen atoms in total. The molecule has 0 radical (unpaired) electrons. The summed E-state index contributed by atoms with van der Waals surface area (Å²) in [5, 5.41) is 14.0. The number of hydrazone groups is 1. The van der Waals surface area contributed by atoms with Crippen molar-refractivity contribution in [3.05, 3.63) is 59.7 Å². The van der Waals surface area contributed by atoms with Gasteiger partial charge in [-0.15, -0.1) is 0 Å². The first-order valence-electron chi connectivity index (χ1n) is 7.16. The summed E-state index contributed by atoms with van der Waals surface area (Å²) in [5.41, 5.74) is 4.52. The Morgan fingerprint density at radius 2 is 1.96 bits per heavy atom. The van der Waals surface area contributed by atoms with Crippen LogP contribution in [0.5, 0.6) is 0 Å². The Bertz CT molecular complexity index is 913. The number of para-hydroxylation sites is 1. The molecule has 24 heavy (non-hydrogen) atoms. The number of carboxylic acids is 1. The van der Waals surface area contributed by atoms with Gasteiger partial charge in [0.25, 0.3) is 0 Å². The summed E-state index contributed by atoms with van der Waals surface area (Å²) in [6, 6.07) is 14.5. The van der Waals surface area contributed by atoms with Crippen LogP contribution in [-0.4, -0.2) is 28.1 Å². The molecule has 0 fully saturated rings. The molecule has 0 aliphatic heterocycles. The Morgan fingerprint density at radius 3 is 2.75 bits per heavy atom. The zero-order valence-electron chi connectivity index (χ0n) is 12.8. The maximum atomic E-state index is 11.2. The van der Waals surface area contributed by atoms with E-state index in [1.807, 2.05) is 24.3 Å². The minimum absolute atomic E-state index is 0.202. The molecule has 0 spiro atoms. The largest absolute Gasteiger partial charge is 0.478 e. The van der Waals surface area contributed by atoms with E-state index in [2.05, 4.69) is 20.5 Å². The average Bonchev–Trinajstić information content (AvgIpc) is 3.01. The van der Waals surface area contributed by atoms with E-state index in [1.165, 1.54) is 23.6 Å². The Labute approximate surface area is 142 Å². The molecule has 0 aliphatic rings. The van der Waals surface area contributed by atoms with Gasteiger partial charge in [-0.1, -0.05) is 41.7 Å². The molecule has 0 atom stereocenters. The van der Waals surface area contributed by atoms with Gasteiger partial charge in [-0.25, -0.2) is 14.8 Å². The molecule has 2 N–H and O–H groups in total. The van der Waals surface area contributed by atoms with Gasteiger partial charge in [-0.3, -0.25) is 5.43 Å². The fourth-order valence-corrected chi connectivity index (χ4v) is 2.85. The second-order valence-electron chi connectivity index (χ2n) is 4.91. The third-order valence-corrected chi connectivity index (χ3v) is 4.13. The summed E-state index contributed by atoms with van der Waals surface area (Å²) in [5.74, 6) is -0.520. The quantitative estimate of drug-likeness (QED) is 0.429. The number of rotatable bonds is 4. The number of aromatic nitrogens is 1. The van der Waals surface area contributed by atoms with Crippen molar-refractivity contribution in [2.24, 2.45) is 10.1 Å². The van der Waals surface area contributed by atoms with Crippen LogP contribution in [0.25, 0.3) is 10.2 Å². The lowest BCUT2D eigenvalue weighted by atomic mass is 10.1. The Hall–Kier alpha value is -3.06. The highest BCUT2D eigenvalue weighted by molar-refractivity contribution is 7.22. The number of fused-ring (bicyclic) bond motifs is 1. The number of aliphatic imine (C=N–C) groups is 1. The van der Waals surface area contributed by atoms with Gasteiger partial charge in [0.2, 0.25) is 5.13 Å². The van der Waals surface area contributed by atoms with Crippen LogP contribution in [0, 0.1) is 0 Å². The van der Waals surface area contributed by atoms with Crippen LogP contribution in [0.3, 0.4) is 0 Å². The van der Waals surface area contributed by atoms with E-state index in [-0.39, 0.29) is 5.56 Å². The van der Waals surface area contributed by atoms with Gasteiger partial charge < -0.3 is 5.11 Å². The van der Waals surface area contributed by atoms with Crippen LogP contribution >= 0.6 is 11.3 Å². The average molecular weight is 338 g/mol. The minimum Gasteiger partial charge on any atom is -0.478 e. The first-order valence-corrected chi connectivity index (χ1v) is 7.97. The highest BCUT2D eigenvalue weighted by Gasteiger charge is 2.06. The number of nitrogens with one attached hydrogen (secondary N) is 1. The summed E-state index contributed by atoms with van der Waals surface area (Å²) < 4.78 is 1.08. The van der Waals surface area contributed by atoms with Gasteiger partial charge in [0.05, 0.1) is 15.8 Å². The first-order chi connectivity index (χ1) is 11.6. The first kappa shape index (κ1) is 15.8. The molecule has 0 saturated carbocycles. The topological polar surface area (TPSA) is 86.9 Å². The van der Waals surface area contributed by atoms with Gasteiger partial charge in [0.1, 0.15) is 5.84 Å². The Balaban J connectivity index is 1.73. The molecular formula is C17H14N4O2S. The van der Waals surface area contributed by atoms with Crippen molar-refractivity contribution in [3.63, 3.8) is 0 Å². The van der Waals surface area contributed by atoms with E-state index in [0.29, 0.717) is 16.5 Å². The number of hydrogen-bond donors (Lipinski definition) is 2. The van der Waals surface area contributed by atoms with Crippen LogP contribution in [-0.2, 0) is 0 Å². The van der Waals surface area contributed by atoms with Crippen molar-refractivity contribution in [2.75, 3.05) is 5.43 Å². The summed E-state index contributed by atoms with van der Waals surface area (Å²) in [6.45, 7) is 1.72. The molecule has 3 rings (SSSR count). The van der Waals surface area contributed by atoms with Gasteiger partial charge in [0.15, 0.2) is 0 Å². The number of aromatic carboxylic acids is 1. The Kier molecular flexibility index (Phi) is 4.62. The Morgan fingerprint density at radius 1 is 1.21 bits per heavy atom. The second kappa shape index (κ2) is 7.01. The number of nitrogens with zero attached hydrogens (tertiary/aromatic N) is 3. The number of amidine groups is 1. The van der Waals surface area contributed by atoms with Crippen molar-refractivity contribution in [1.29, 1.82) is 0 Å². The number of carboxylic acid groups (broad SMARTS) is 1. The fraction of sp³-hybridized carbons (Fsp3) is 0.0588. The van der Waals surface area contributed by atoms with Crippen molar-refractivity contribution >= 4 is 44.7 Å². The number of benzene rings is 2. The molecule has 1 aromatic heterocycles. The molecule has 120 valence electrons. The van der Waals surface area contributed by atoms with Crippen LogP contribution in [0.1, 0.15) is 22.8 Å². The van der Waals surface area contributed by atoms with Crippen LogP contribution in [0.15, 0.2) is 58.6 Å². The van der Waals surface area contributed by atoms with E-state index in [4.69, 9.17) is 5.11 Å². The third-order valence-electron chi connectivity index (χ3n) is 3.19. The van der Waals surface area contributed by atoms with Gasteiger partial charge in [0, 0.05) is 11.8 Å². The summed E-state index contributed by atoms with van der Waals surface area (Å²) in [7, 11) is 0. The lowest BCUT2D eigenvalue weighted by Crippen LogP contribution is -2.02. The standard InChI is InChI=1S/C17H14N4O2S/c1-11(18-10-12-6-2-3-7-13(12)16(22)23)20-21-17-19-14-8-4-5-9-15(14)24-17/h2-10H,1H3,(H,19,21)(H,22,23)/b18-10?,20-11-. The highest BCUT2D eigenvalue weighted by Crippen LogP contribution is 2.25. The molecule has 7 heteroatoms. The van der Waals surface area contributed by atoms with E-state index in [1.54, 1.807) is 25.1 Å². The summed E-state index contributed by atoms with van der Waals surface area (Å²) in [6.07, 6.45) is 1.49. The predicted octanol–water partition coefficient (Wildman–Crippen LogP) is 3.86. The molecule has 0 unspecified atom stereocenters. The molecule has 0 aliphatic carbocycles. The summed E-state index contributed by atoms with van der Waals surface area (Å²) >= 11 is 1.50. The number of anilines is 1. The van der Waals surface area contributed by atoms with Crippen LogP contribution in [0.4, 0.5) is 5.13 Å². The number of carbonyl (C=O) groups is 1. The highest BCUT2D eigenvalue weighted by atomic mass is 32.1. The molecule has 1 heterocycles. The number of thiazole rings is 1. The monoisotopic (exact) mass is 338 g/mol. The third kappa shape index (κ3) is 3.64. The zero-order chi connectivity index (χ0) is 16.9. The molecule has 3 aromatic rings. The lowest BCUT2D eigenvalue weighted by Gasteiger charge is -1.99. The normalized spacial score (nSPS) is 12.0. The maximum absolute atomic E-state index is 11.2. The van der Waals surface area contributed by atoms with Crippen LogP contribution < -0.4 is 5.43 Å². The maximum Gasteiger partial charge on any atom is 0.336 e. The smallest absolute Gasteiger partial charge is 0.336 e. The number of hydrogen-bond acceptors (Lipinski definition) is 5. The predicted molar refractivity (Wildman–Crippen MR) is 97.3 cm³/mol.